The Bertz CT molecular complexity index is 5900. The summed E-state index contributed by atoms with van der Waals surface area (Å²) >= 11 is 1.90. The van der Waals surface area contributed by atoms with Crippen molar-refractivity contribution >= 4 is 143 Å². The third-order valence-electron chi connectivity index (χ3n) is 22.9. The molecule has 0 saturated carbocycles. The van der Waals surface area contributed by atoms with Gasteiger partial charge >= 0.3 is 0 Å². The highest BCUT2D eigenvalue weighted by Gasteiger charge is 2.49. The first kappa shape index (κ1) is 68.3. The number of rotatable bonds is 12. The predicted octanol–water partition coefficient (Wildman–Crippen LogP) is 24.4. The van der Waals surface area contributed by atoms with E-state index < -0.39 is 0 Å². The van der Waals surface area contributed by atoms with Gasteiger partial charge in [0.05, 0.1) is 17.1 Å². The first-order valence-electron chi connectivity index (χ1n) is 38.7. The van der Waals surface area contributed by atoms with Crippen LogP contribution in [0.4, 0.5) is 85.3 Å². The van der Waals surface area contributed by atoms with Gasteiger partial charge in [-0.3, -0.25) is 0 Å². The first-order chi connectivity index (χ1) is 53.5. The third kappa shape index (κ3) is 11.7. The summed E-state index contributed by atoms with van der Waals surface area (Å²) in [6.45, 7) is 20.4. The minimum atomic E-state index is -0.234. The van der Waals surface area contributed by atoms with Crippen LogP contribution in [-0.4, -0.2) is 13.4 Å². The van der Waals surface area contributed by atoms with Crippen LogP contribution in [0, 0.1) is 0 Å². The molecule has 0 saturated heterocycles. The molecule has 0 radical (unpaired) electrons. The fourth-order valence-electron chi connectivity index (χ4n) is 17.5. The van der Waals surface area contributed by atoms with Crippen LogP contribution in [0.1, 0.15) is 79.0 Å². The maximum absolute atomic E-state index is 2.73. The standard InChI is InChI=1S/C102H85B2N5S/c1-100(2,3)71-56-50-68(51-57-71)81-42-25-28-47-88(81)106(76-36-19-12-20-37-76)80-64-94-98-96(65-80)110-95-49-30-27-46-85(95)104(98)86-66-87-91(67-90(86)108(94)78-40-23-14-24-41-78)109(99-82(69-52-58-72(59-53-69)101(4,5)6)43-31-44-83(99)70-54-60-73(61-55-70)102(7,8)9)93-63-79(105(74-32-15-10-16-33-74)75-34-17-11-18-35-75)62-92-97(93)103(87)84-45-26-29-48-89(84)107(92)77-38-21-13-22-39-77/h10-67H,1-9H3. The molecule has 0 bridgehead atoms. The summed E-state index contributed by atoms with van der Waals surface area (Å²) in [5.74, 6) is 0. The molecule has 0 fully saturated rings. The van der Waals surface area contributed by atoms with E-state index in [-0.39, 0.29) is 29.7 Å². The van der Waals surface area contributed by atoms with Crippen LogP contribution < -0.4 is 57.3 Å². The average Bonchev–Trinajstić information content (AvgIpc) is 0.681. The zero-order valence-electron chi connectivity index (χ0n) is 63.8. The molecule has 0 N–H and O–H groups in total. The van der Waals surface area contributed by atoms with Crippen LogP contribution in [-0.2, 0) is 16.2 Å². The second-order valence-corrected chi connectivity index (χ2v) is 33.9. The molecule has 0 aromatic heterocycles. The van der Waals surface area contributed by atoms with Crippen molar-refractivity contribution in [2.45, 2.75) is 88.3 Å². The van der Waals surface area contributed by atoms with Crippen molar-refractivity contribution in [2.75, 3.05) is 24.5 Å². The van der Waals surface area contributed by atoms with Gasteiger partial charge in [-0.25, -0.2) is 0 Å². The van der Waals surface area contributed by atoms with Crippen LogP contribution in [0.25, 0.3) is 33.4 Å². The summed E-state index contributed by atoms with van der Waals surface area (Å²) in [5.41, 5.74) is 34.7. The highest BCUT2D eigenvalue weighted by molar-refractivity contribution is 8.00. The van der Waals surface area contributed by atoms with Gasteiger partial charge in [0.25, 0.3) is 6.71 Å². The SMILES string of the molecule is CC(C)(C)c1ccc(-c2ccccc2N(c2ccccc2)c2cc3c4c(c2)N(c2ccccc2)c2cc5c(cc2B4c2ccccc2S3)B2c3ccccc3N(c3ccccc3)c3cc(N(c4ccccc4)c4ccccc4)cc(c32)N5c2c(-c3ccc(C(C)(C)C)cc3)cccc2-c2ccc(C(C)(C)C)cc2)cc1. The molecule has 0 unspecified atom stereocenters. The van der Waals surface area contributed by atoms with Gasteiger partial charge < -0.3 is 24.5 Å². The molecular formula is C102H85B2N5S. The van der Waals surface area contributed by atoms with E-state index in [2.05, 4.69) is 439 Å². The van der Waals surface area contributed by atoms with E-state index in [4.69, 9.17) is 0 Å². The zero-order chi connectivity index (χ0) is 74.7. The number of benzene rings is 15. The average molecular weight is 1430 g/mol. The van der Waals surface area contributed by atoms with E-state index in [1.807, 2.05) is 11.8 Å². The number of nitrogens with zero attached hydrogens (tertiary/aromatic N) is 5. The smallest absolute Gasteiger partial charge is 0.252 e. The van der Waals surface area contributed by atoms with Gasteiger partial charge in [-0.05, 0) is 186 Å². The van der Waals surface area contributed by atoms with E-state index in [1.165, 1.54) is 64.8 Å². The maximum atomic E-state index is 2.73. The van der Waals surface area contributed by atoms with Crippen LogP contribution in [0.5, 0.6) is 0 Å². The van der Waals surface area contributed by atoms with Crippen molar-refractivity contribution in [3.63, 3.8) is 0 Å². The van der Waals surface area contributed by atoms with E-state index in [1.54, 1.807) is 0 Å². The van der Waals surface area contributed by atoms with E-state index in [0.717, 1.165) is 113 Å². The van der Waals surface area contributed by atoms with Crippen molar-refractivity contribution in [2.24, 2.45) is 0 Å². The highest BCUT2D eigenvalue weighted by atomic mass is 32.2. The van der Waals surface area contributed by atoms with Gasteiger partial charge in [0.15, 0.2) is 0 Å². The zero-order valence-corrected chi connectivity index (χ0v) is 64.6. The Morgan fingerprint density at radius 1 is 0.255 bits per heavy atom. The minimum absolute atomic E-state index is 0.00917. The largest absolute Gasteiger partial charge is 0.311 e. The first-order valence-corrected chi connectivity index (χ1v) is 39.5. The fraction of sp³-hybridized carbons (Fsp3) is 0.118. The minimum Gasteiger partial charge on any atom is -0.311 e. The molecule has 530 valence electrons. The maximum Gasteiger partial charge on any atom is 0.252 e. The summed E-state index contributed by atoms with van der Waals surface area (Å²) < 4.78 is 0. The number of hydrogen-bond acceptors (Lipinski definition) is 6. The van der Waals surface area contributed by atoms with Gasteiger partial charge in [-0.1, -0.05) is 322 Å². The summed E-state index contributed by atoms with van der Waals surface area (Å²) in [6.07, 6.45) is 0. The molecule has 8 heteroatoms. The van der Waals surface area contributed by atoms with Crippen molar-refractivity contribution in [3.8, 4) is 33.4 Å². The van der Waals surface area contributed by atoms with Crippen LogP contribution in [0.3, 0.4) is 0 Å². The van der Waals surface area contributed by atoms with Crippen molar-refractivity contribution in [3.05, 3.63) is 369 Å². The Morgan fingerprint density at radius 3 is 1.15 bits per heavy atom. The van der Waals surface area contributed by atoms with E-state index >= 15 is 0 Å². The van der Waals surface area contributed by atoms with Gasteiger partial charge in [-0.2, -0.15) is 0 Å². The fourth-order valence-corrected chi connectivity index (χ4v) is 18.7. The summed E-state index contributed by atoms with van der Waals surface area (Å²) in [5, 5.41) is 0. The van der Waals surface area contributed by atoms with Crippen LogP contribution in [0.15, 0.2) is 362 Å². The summed E-state index contributed by atoms with van der Waals surface area (Å²) in [6, 6.07) is 133. The molecule has 19 rings (SSSR count). The van der Waals surface area contributed by atoms with E-state index in [9.17, 15) is 0 Å². The Morgan fingerprint density at radius 2 is 0.636 bits per heavy atom. The Balaban J connectivity index is 0.949. The van der Waals surface area contributed by atoms with E-state index in [0.29, 0.717) is 0 Å². The van der Waals surface area contributed by atoms with Crippen LogP contribution >= 0.6 is 11.8 Å². The number of hydrogen-bond donors (Lipinski definition) is 0. The lowest BCUT2D eigenvalue weighted by molar-refractivity contribution is 0.590. The van der Waals surface area contributed by atoms with Gasteiger partial charge in [-0.15, -0.1) is 0 Å². The molecule has 4 aliphatic heterocycles. The molecule has 15 aromatic carbocycles. The molecule has 0 amide bonds. The lowest BCUT2D eigenvalue weighted by atomic mass is 9.30. The van der Waals surface area contributed by atoms with Crippen LogP contribution in [0.2, 0.25) is 0 Å². The lowest BCUT2D eigenvalue weighted by Gasteiger charge is -2.47. The molecule has 0 spiro atoms. The molecule has 110 heavy (non-hydrogen) atoms. The summed E-state index contributed by atoms with van der Waals surface area (Å²) in [7, 11) is 0. The molecule has 0 aliphatic carbocycles. The van der Waals surface area contributed by atoms with Crippen molar-refractivity contribution in [1.29, 1.82) is 0 Å². The highest BCUT2D eigenvalue weighted by Crippen LogP contribution is 2.55. The molecule has 5 nitrogen and oxygen atoms in total. The Labute approximate surface area is 653 Å². The summed E-state index contributed by atoms with van der Waals surface area (Å²) in [4.78, 5) is 15.4. The van der Waals surface area contributed by atoms with Crippen molar-refractivity contribution < 1.29 is 0 Å². The molecular weight excluding hydrogens is 1350 g/mol. The Hall–Kier alpha value is -12.2. The van der Waals surface area contributed by atoms with Gasteiger partial charge in [0.1, 0.15) is 0 Å². The second kappa shape index (κ2) is 26.9. The van der Waals surface area contributed by atoms with Gasteiger partial charge in [0, 0.05) is 94.7 Å². The normalized spacial score (nSPS) is 13.2. The third-order valence-corrected chi connectivity index (χ3v) is 24.1. The molecule has 15 aromatic rings. The lowest BCUT2D eigenvalue weighted by Crippen LogP contribution is -2.64. The predicted molar refractivity (Wildman–Crippen MR) is 472 cm³/mol. The van der Waals surface area contributed by atoms with Crippen molar-refractivity contribution in [1.82, 2.24) is 0 Å². The molecule has 4 heterocycles. The number of para-hydroxylation sites is 8. The topological polar surface area (TPSA) is 16.2 Å². The monoisotopic (exact) mass is 1430 g/mol. The quantitative estimate of drug-likeness (QED) is 0.113. The van der Waals surface area contributed by atoms with Gasteiger partial charge in [0.2, 0.25) is 6.71 Å². The second-order valence-electron chi connectivity index (χ2n) is 32.9. The molecule has 0 atom stereocenters. The number of fused-ring (bicyclic) bond motifs is 8. The number of anilines is 15. The Kier molecular flexibility index (Phi) is 16.7. The molecule has 4 aliphatic rings.